The number of ether oxygens (including phenoxy) is 1. The number of carboxylic acids is 1. The van der Waals surface area contributed by atoms with Gasteiger partial charge in [-0.15, -0.1) is 0 Å². The molecule has 0 bridgehead atoms. The molecule has 0 spiro atoms. The molecule has 1 atom stereocenters. The highest BCUT2D eigenvalue weighted by molar-refractivity contribution is 5.76. The van der Waals surface area contributed by atoms with Gasteiger partial charge >= 0.3 is 5.97 Å². The highest BCUT2D eigenvalue weighted by atomic mass is 16.5. The Labute approximate surface area is 143 Å². The van der Waals surface area contributed by atoms with Gasteiger partial charge in [0.05, 0.1) is 6.61 Å². The average Bonchev–Trinajstić information content (AvgIpc) is 2.58. The van der Waals surface area contributed by atoms with E-state index in [9.17, 15) is 9.59 Å². The molecular formula is C19H27NO4. The number of carbonyl (C=O) groups is 2. The smallest absolute Gasteiger partial charge is 0.303 e. The highest BCUT2D eigenvalue weighted by Crippen LogP contribution is 2.22. The normalized spacial score (nSPS) is 17.5. The van der Waals surface area contributed by atoms with Crippen molar-refractivity contribution in [3.8, 4) is 5.75 Å². The first-order chi connectivity index (χ1) is 11.6. The number of likely N-dealkylation sites (tertiary alicyclic amines) is 1. The number of piperidine rings is 1. The van der Waals surface area contributed by atoms with Crippen LogP contribution in [-0.2, 0) is 9.59 Å². The second-order valence-corrected chi connectivity index (χ2v) is 6.50. The maximum atomic E-state index is 12.3. The van der Waals surface area contributed by atoms with Gasteiger partial charge in [0.25, 0.3) is 0 Å². The fourth-order valence-electron chi connectivity index (χ4n) is 3.14. The van der Waals surface area contributed by atoms with Crippen LogP contribution in [0.4, 0.5) is 0 Å². The zero-order chi connectivity index (χ0) is 17.4. The first-order valence-electron chi connectivity index (χ1n) is 8.74. The van der Waals surface area contributed by atoms with Crippen LogP contribution >= 0.6 is 0 Å². The van der Waals surface area contributed by atoms with Crippen molar-refractivity contribution < 1.29 is 19.4 Å². The quantitative estimate of drug-likeness (QED) is 0.742. The summed E-state index contributed by atoms with van der Waals surface area (Å²) in [4.78, 5) is 24.9. The van der Waals surface area contributed by atoms with Crippen LogP contribution in [0.1, 0.15) is 44.1 Å². The van der Waals surface area contributed by atoms with Gasteiger partial charge in [-0.2, -0.15) is 0 Å². The Morgan fingerprint density at radius 2 is 2.08 bits per heavy atom. The number of carboxylic acid groups (broad SMARTS) is 1. The lowest BCUT2D eigenvalue weighted by Gasteiger charge is -2.32. The van der Waals surface area contributed by atoms with Crippen LogP contribution in [0, 0.1) is 12.8 Å². The lowest BCUT2D eigenvalue weighted by molar-refractivity contribution is -0.137. The number of hydrogen-bond donors (Lipinski definition) is 1. The predicted octanol–water partition coefficient (Wildman–Crippen LogP) is 3.26. The zero-order valence-electron chi connectivity index (χ0n) is 14.4. The monoisotopic (exact) mass is 333 g/mol. The van der Waals surface area contributed by atoms with Gasteiger partial charge in [-0.1, -0.05) is 18.2 Å². The fourth-order valence-corrected chi connectivity index (χ4v) is 3.14. The Hall–Kier alpha value is -2.04. The van der Waals surface area contributed by atoms with Crippen LogP contribution in [0.5, 0.6) is 5.75 Å². The molecule has 1 amide bonds. The number of carbonyl (C=O) groups excluding carboxylic acids is 1. The molecule has 1 aliphatic heterocycles. The molecule has 5 heteroatoms. The summed E-state index contributed by atoms with van der Waals surface area (Å²) in [5.41, 5.74) is 1.10. The van der Waals surface area contributed by atoms with Crippen molar-refractivity contribution in [1.82, 2.24) is 4.90 Å². The van der Waals surface area contributed by atoms with Gasteiger partial charge < -0.3 is 14.7 Å². The second kappa shape index (κ2) is 9.30. The molecule has 1 N–H and O–H groups in total. The molecule has 1 aliphatic rings. The second-order valence-electron chi connectivity index (χ2n) is 6.50. The van der Waals surface area contributed by atoms with Crippen molar-refractivity contribution in [3.63, 3.8) is 0 Å². The summed E-state index contributed by atoms with van der Waals surface area (Å²) in [6.07, 6.45) is 4.02. The first-order valence-corrected chi connectivity index (χ1v) is 8.74. The van der Waals surface area contributed by atoms with Crippen molar-refractivity contribution in [3.05, 3.63) is 29.8 Å². The van der Waals surface area contributed by atoms with Crippen LogP contribution in [-0.4, -0.2) is 41.6 Å². The SMILES string of the molecule is Cc1ccccc1OCCCC(=O)N1CCC[C@H](CCC(=O)O)C1. The van der Waals surface area contributed by atoms with E-state index in [0.717, 1.165) is 30.7 Å². The summed E-state index contributed by atoms with van der Waals surface area (Å²) < 4.78 is 5.72. The van der Waals surface area contributed by atoms with Crippen molar-refractivity contribution in [2.24, 2.45) is 5.92 Å². The number of benzene rings is 1. The first kappa shape index (κ1) is 18.3. The molecule has 1 aromatic carbocycles. The molecular weight excluding hydrogens is 306 g/mol. The van der Waals surface area contributed by atoms with E-state index < -0.39 is 5.97 Å². The third-order valence-corrected chi connectivity index (χ3v) is 4.52. The molecule has 1 fully saturated rings. The van der Waals surface area contributed by atoms with Crippen molar-refractivity contribution in [2.75, 3.05) is 19.7 Å². The lowest BCUT2D eigenvalue weighted by atomic mass is 9.93. The summed E-state index contributed by atoms with van der Waals surface area (Å²) in [7, 11) is 0. The number of aryl methyl sites for hydroxylation is 1. The Kier molecular flexibility index (Phi) is 7.09. The molecule has 132 valence electrons. The molecule has 1 aromatic rings. The van der Waals surface area contributed by atoms with E-state index in [2.05, 4.69) is 0 Å². The molecule has 0 unspecified atom stereocenters. The minimum atomic E-state index is -0.758. The molecule has 5 nitrogen and oxygen atoms in total. The molecule has 1 saturated heterocycles. The van der Waals surface area contributed by atoms with Gasteiger partial charge in [0.1, 0.15) is 5.75 Å². The van der Waals surface area contributed by atoms with Gasteiger partial charge in [-0.05, 0) is 50.2 Å². The van der Waals surface area contributed by atoms with E-state index in [-0.39, 0.29) is 12.3 Å². The molecule has 2 rings (SSSR count). The molecule has 0 saturated carbocycles. The number of nitrogens with zero attached hydrogens (tertiary/aromatic N) is 1. The topological polar surface area (TPSA) is 66.8 Å². The minimum Gasteiger partial charge on any atom is -0.493 e. The maximum absolute atomic E-state index is 12.3. The number of para-hydroxylation sites is 1. The van der Waals surface area contributed by atoms with E-state index in [1.165, 1.54) is 0 Å². The zero-order valence-corrected chi connectivity index (χ0v) is 14.4. The van der Waals surface area contributed by atoms with Crippen molar-refractivity contribution in [2.45, 2.75) is 45.4 Å². The number of amides is 1. The van der Waals surface area contributed by atoms with E-state index in [4.69, 9.17) is 9.84 Å². The van der Waals surface area contributed by atoms with Crippen LogP contribution in [0.3, 0.4) is 0 Å². The largest absolute Gasteiger partial charge is 0.493 e. The third kappa shape index (κ3) is 5.87. The van der Waals surface area contributed by atoms with E-state index >= 15 is 0 Å². The van der Waals surface area contributed by atoms with Crippen LogP contribution in [0.2, 0.25) is 0 Å². The molecule has 0 radical (unpaired) electrons. The summed E-state index contributed by atoms with van der Waals surface area (Å²) in [5.74, 6) is 0.592. The Balaban J connectivity index is 1.68. The van der Waals surface area contributed by atoms with Gasteiger partial charge in [-0.25, -0.2) is 0 Å². The van der Waals surface area contributed by atoms with Crippen molar-refractivity contribution in [1.29, 1.82) is 0 Å². The predicted molar refractivity (Wildman–Crippen MR) is 92.1 cm³/mol. The Morgan fingerprint density at radius 3 is 2.83 bits per heavy atom. The maximum Gasteiger partial charge on any atom is 0.303 e. The van der Waals surface area contributed by atoms with Crippen LogP contribution in [0.15, 0.2) is 24.3 Å². The standard InChI is InChI=1S/C19H27NO4/c1-15-6-2-3-8-17(15)24-13-5-9-18(21)20-12-4-7-16(14-20)10-11-19(22)23/h2-3,6,8,16H,4-5,7,9-14H2,1H3,(H,22,23)/t16-/m1/s1. The summed E-state index contributed by atoms with van der Waals surface area (Å²) in [5, 5.41) is 8.78. The van der Waals surface area contributed by atoms with Crippen LogP contribution in [0.25, 0.3) is 0 Å². The fraction of sp³-hybridized carbons (Fsp3) is 0.579. The molecule has 0 aliphatic carbocycles. The van der Waals surface area contributed by atoms with E-state index in [0.29, 0.717) is 38.3 Å². The minimum absolute atomic E-state index is 0.156. The summed E-state index contributed by atoms with van der Waals surface area (Å²) in [6.45, 7) is 4.03. The van der Waals surface area contributed by atoms with Gasteiger partial charge in [0.2, 0.25) is 5.91 Å². The highest BCUT2D eigenvalue weighted by Gasteiger charge is 2.23. The molecule has 1 heterocycles. The van der Waals surface area contributed by atoms with Crippen molar-refractivity contribution >= 4 is 11.9 Å². The molecule has 24 heavy (non-hydrogen) atoms. The Morgan fingerprint density at radius 1 is 1.29 bits per heavy atom. The van der Waals surface area contributed by atoms with E-state index in [1.807, 2.05) is 36.1 Å². The van der Waals surface area contributed by atoms with Gasteiger partial charge in [0.15, 0.2) is 0 Å². The summed E-state index contributed by atoms with van der Waals surface area (Å²) >= 11 is 0. The summed E-state index contributed by atoms with van der Waals surface area (Å²) in [6, 6.07) is 7.86. The number of aliphatic carboxylic acids is 1. The third-order valence-electron chi connectivity index (χ3n) is 4.52. The average molecular weight is 333 g/mol. The number of rotatable bonds is 8. The Bertz CT molecular complexity index is 558. The molecule has 0 aromatic heterocycles. The lowest BCUT2D eigenvalue weighted by Crippen LogP contribution is -2.40. The van der Waals surface area contributed by atoms with E-state index in [1.54, 1.807) is 0 Å². The van der Waals surface area contributed by atoms with Gasteiger partial charge in [0, 0.05) is 25.9 Å². The van der Waals surface area contributed by atoms with Crippen LogP contribution < -0.4 is 4.74 Å². The van der Waals surface area contributed by atoms with Gasteiger partial charge in [-0.3, -0.25) is 9.59 Å². The number of hydrogen-bond acceptors (Lipinski definition) is 3.